The second kappa shape index (κ2) is 10.4. The van der Waals surface area contributed by atoms with E-state index in [0.717, 1.165) is 11.8 Å². The molecule has 9 nitrogen and oxygen atoms in total. The molecule has 0 radical (unpaired) electrons. The summed E-state index contributed by atoms with van der Waals surface area (Å²) in [6.45, 7) is 4.31. The minimum Gasteiger partial charge on any atom is -0.485 e. The summed E-state index contributed by atoms with van der Waals surface area (Å²) >= 11 is 6.37. The minimum absolute atomic E-state index is 0.0520. The minimum atomic E-state index is -0.861. The highest BCUT2D eigenvalue weighted by molar-refractivity contribution is 6.31. The maximum Gasteiger partial charge on any atom is 0.277 e. The zero-order chi connectivity index (χ0) is 27.0. The lowest BCUT2D eigenvalue weighted by Crippen LogP contribution is -2.23. The Morgan fingerprint density at radius 1 is 1.13 bits per heavy atom. The molecule has 0 unspecified atom stereocenters. The third kappa shape index (κ3) is 5.07. The first-order valence-corrected chi connectivity index (χ1v) is 12.2. The molecule has 12 heteroatoms. The molecular weight excluding hydrogens is 518 g/mol. The van der Waals surface area contributed by atoms with Gasteiger partial charge in [-0.2, -0.15) is 0 Å². The molecule has 0 aliphatic carbocycles. The molecule has 0 saturated carbocycles. The Morgan fingerprint density at radius 3 is 2.68 bits per heavy atom. The van der Waals surface area contributed by atoms with Gasteiger partial charge in [-0.05, 0) is 38.0 Å². The van der Waals surface area contributed by atoms with Crippen LogP contribution in [0.4, 0.5) is 14.7 Å². The summed E-state index contributed by atoms with van der Waals surface area (Å²) in [5.74, 6) is -1.12. The average Bonchev–Trinajstić information content (AvgIpc) is 3.33. The molecule has 5 heterocycles. The molecule has 0 bridgehead atoms. The number of hydrogen-bond acceptors (Lipinski definition) is 8. The zero-order valence-electron chi connectivity index (χ0n) is 20.5. The van der Waals surface area contributed by atoms with Crippen molar-refractivity contribution in [2.45, 2.75) is 33.0 Å². The van der Waals surface area contributed by atoms with Gasteiger partial charge in [0.1, 0.15) is 28.9 Å². The lowest BCUT2D eigenvalue weighted by molar-refractivity contribution is 0.198. The standard InChI is InChI=1S/C26H23ClF2N6O3/c1-14-10-31-20(19-3-5-30-26(33-19)34-6-4-17(36)12-34)9-22(14)35-15(2)7-23(24(27)25(35)37)38-13-21-18(29)8-16(28)11-32-21/h3,5,7-11,17,36H,4,6,12-13H2,1-2H3/t17-/m1/s1. The predicted octanol–water partition coefficient (Wildman–Crippen LogP) is 3.78. The normalized spacial score (nSPS) is 15.2. The van der Waals surface area contributed by atoms with Crippen molar-refractivity contribution in [1.82, 2.24) is 24.5 Å². The summed E-state index contributed by atoms with van der Waals surface area (Å²) in [6, 6.07) is 5.73. The second-order valence-electron chi connectivity index (χ2n) is 8.96. The van der Waals surface area contributed by atoms with E-state index in [0.29, 0.717) is 54.3 Å². The van der Waals surface area contributed by atoms with Crippen LogP contribution in [0.5, 0.6) is 5.75 Å². The van der Waals surface area contributed by atoms with Gasteiger partial charge in [-0.1, -0.05) is 11.6 Å². The monoisotopic (exact) mass is 540 g/mol. The van der Waals surface area contributed by atoms with Gasteiger partial charge in [0.2, 0.25) is 5.95 Å². The molecule has 1 atom stereocenters. The van der Waals surface area contributed by atoms with Gasteiger partial charge in [0.05, 0.1) is 29.4 Å². The van der Waals surface area contributed by atoms with E-state index in [4.69, 9.17) is 16.3 Å². The number of aryl methyl sites for hydroxylation is 2. The van der Waals surface area contributed by atoms with Crippen LogP contribution in [0.15, 0.2) is 47.7 Å². The summed E-state index contributed by atoms with van der Waals surface area (Å²) in [6.07, 6.45) is 4.38. The quantitative estimate of drug-likeness (QED) is 0.394. The first kappa shape index (κ1) is 25.7. The van der Waals surface area contributed by atoms with Gasteiger partial charge < -0.3 is 14.7 Å². The number of rotatable bonds is 6. The van der Waals surface area contributed by atoms with Crippen LogP contribution in [0.3, 0.4) is 0 Å². The Hall–Kier alpha value is -3.96. The third-order valence-corrected chi connectivity index (χ3v) is 6.56. The Kier molecular flexibility index (Phi) is 7.04. The van der Waals surface area contributed by atoms with E-state index in [1.54, 1.807) is 37.5 Å². The third-order valence-electron chi connectivity index (χ3n) is 6.22. The molecule has 1 aliphatic rings. The molecule has 38 heavy (non-hydrogen) atoms. The number of β-amino-alcohol motifs (C(OH)–C–C–N with tert-alkyl or cyclic N) is 1. The second-order valence-corrected chi connectivity index (χ2v) is 9.34. The topological polar surface area (TPSA) is 106 Å². The molecule has 0 amide bonds. The van der Waals surface area contributed by atoms with Gasteiger partial charge in [-0.25, -0.2) is 18.7 Å². The van der Waals surface area contributed by atoms with Crippen molar-refractivity contribution in [3.05, 3.63) is 86.8 Å². The SMILES string of the molecule is Cc1cnc(-c2ccnc(N3CC[C@@H](O)C3)n2)cc1-n1c(C)cc(OCc2ncc(F)cc2F)c(Cl)c1=O. The molecule has 1 N–H and O–H groups in total. The van der Waals surface area contributed by atoms with Crippen molar-refractivity contribution < 1.29 is 18.6 Å². The highest BCUT2D eigenvalue weighted by Gasteiger charge is 2.23. The van der Waals surface area contributed by atoms with Gasteiger partial charge in [0, 0.05) is 43.3 Å². The van der Waals surface area contributed by atoms with Gasteiger partial charge in [-0.15, -0.1) is 0 Å². The van der Waals surface area contributed by atoms with Crippen LogP contribution in [-0.4, -0.2) is 48.8 Å². The number of aromatic nitrogens is 5. The molecule has 196 valence electrons. The van der Waals surface area contributed by atoms with E-state index < -0.39 is 23.3 Å². The fraction of sp³-hybridized carbons (Fsp3) is 0.269. The lowest BCUT2D eigenvalue weighted by atomic mass is 10.1. The summed E-state index contributed by atoms with van der Waals surface area (Å²) in [7, 11) is 0. The summed E-state index contributed by atoms with van der Waals surface area (Å²) in [4.78, 5) is 32.3. The van der Waals surface area contributed by atoms with Gasteiger partial charge in [0.15, 0.2) is 5.82 Å². The molecule has 0 aromatic carbocycles. The van der Waals surface area contributed by atoms with Crippen LogP contribution in [-0.2, 0) is 6.61 Å². The number of halogens is 3. The Bertz CT molecular complexity index is 1580. The number of nitrogens with zero attached hydrogens (tertiary/aromatic N) is 6. The molecule has 1 saturated heterocycles. The number of anilines is 1. The Balaban J connectivity index is 1.47. The van der Waals surface area contributed by atoms with E-state index in [-0.39, 0.29) is 23.1 Å². The largest absolute Gasteiger partial charge is 0.485 e. The maximum atomic E-state index is 13.9. The maximum absolute atomic E-state index is 13.9. The molecule has 4 aromatic heterocycles. The first-order chi connectivity index (χ1) is 18.2. The van der Waals surface area contributed by atoms with E-state index in [2.05, 4.69) is 19.9 Å². The summed E-state index contributed by atoms with van der Waals surface area (Å²) < 4.78 is 34.1. The number of ether oxygens (including phenoxy) is 1. The van der Waals surface area contributed by atoms with Crippen molar-refractivity contribution in [2.24, 2.45) is 0 Å². The molecule has 1 fully saturated rings. The number of aliphatic hydroxyl groups is 1. The molecular formula is C26H23ClF2N6O3. The van der Waals surface area contributed by atoms with Crippen molar-refractivity contribution in [3.63, 3.8) is 0 Å². The Morgan fingerprint density at radius 2 is 1.95 bits per heavy atom. The predicted molar refractivity (Wildman–Crippen MR) is 137 cm³/mol. The van der Waals surface area contributed by atoms with Gasteiger partial charge in [0.25, 0.3) is 5.56 Å². The van der Waals surface area contributed by atoms with Crippen molar-refractivity contribution >= 4 is 17.5 Å². The smallest absolute Gasteiger partial charge is 0.277 e. The average molecular weight is 541 g/mol. The zero-order valence-corrected chi connectivity index (χ0v) is 21.3. The van der Waals surface area contributed by atoms with Crippen LogP contribution in [0.25, 0.3) is 17.1 Å². The molecule has 5 rings (SSSR count). The van der Waals surface area contributed by atoms with Crippen LogP contribution < -0.4 is 15.2 Å². The Labute approximate surface area is 221 Å². The molecule has 1 aliphatic heterocycles. The number of pyridine rings is 3. The van der Waals surface area contributed by atoms with E-state index in [1.165, 1.54) is 4.57 Å². The van der Waals surface area contributed by atoms with Crippen LogP contribution in [0.2, 0.25) is 5.02 Å². The highest BCUT2D eigenvalue weighted by atomic mass is 35.5. The number of hydrogen-bond donors (Lipinski definition) is 1. The first-order valence-electron chi connectivity index (χ1n) is 11.8. The van der Waals surface area contributed by atoms with Crippen LogP contribution >= 0.6 is 11.6 Å². The lowest BCUT2D eigenvalue weighted by Gasteiger charge is -2.17. The van der Waals surface area contributed by atoms with E-state index in [9.17, 15) is 18.7 Å². The van der Waals surface area contributed by atoms with Gasteiger partial charge in [-0.3, -0.25) is 19.3 Å². The number of aliphatic hydroxyl groups excluding tert-OH is 1. The van der Waals surface area contributed by atoms with Crippen molar-refractivity contribution in [3.8, 4) is 22.8 Å². The highest BCUT2D eigenvalue weighted by Crippen LogP contribution is 2.28. The van der Waals surface area contributed by atoms with Crippen molar-refractivity contribution in [2.75, 3.05) is 18.0 Å². The van der Waals surface area contributed by atoms with Crippen LogP contribution in [0.1, 0.15) is 23.4 Å². The molecule has 0 spiro atoms. The molecule has 4 aromatic rings. The fourth-order valence-corrected chi connectivity index (χ4v) is 4.44. The fourth-order valence-electron chi connectivity index (χ4n) is 4.24. The van der Waals surface area contributed by atoms with E-state index >= 15 is 0 Å². The van der Waals surface area contributed by atoms with Gasteiger partial charge >= 0.3 is 0 Å². The van der Waals surface area contributed by atoms with E-state index in [1.807, 2.05) is 11.8 Å². The van der Waals surface area contributed by atoms with Crippen molar-refractivity contribution in [1.29, 1.82) is 0 Å². The van der Waals surface area contributed by atoms with Crippen LogP contribution in [0, 0.1) is 25.5 Å². The summed E-state index contributed by atoms with van der Waals surface area (Å²) in [5.41, 5.74) is 2.21. The summed E-state index contributed by atoms with van der Waals surface area (Å²) in [5, 5.41) is 9.65.